The Morgan fingerprint density at radius 1 is 1.08 bits per heavy atom. The van der Waals surface area contributed by atoms with Crippen LogP contribution in [-0.4, -0.2) is 19.1 Å². The van der Waals surface area contributed by atoms with Gasteiger partial charge in [0.15, 0.2) is 0 Å². The number of amides is 1. The van der Waals surface area contributed by atoms with Crippen molar-refractivity contribution in [3.05, 3.63) is 53.6 Å². The minimum atomic E-state index is -0.0755. The van der Waals surface area contributed by atoms with Gasteiger partial charge in [-0.2, -0.15) is 0 Å². The summed E-state index contributed by atoms with van der Waals surface area (Å²) in [7, 11) is 0. The zero-order valence-corrected chi connectivity index (χ0v) is 15.6. The number of carbonyl (C=O) groups excluding carboxylic acids is 1. The van der Waals surface area contributed by atoms with Gasteiger partial charge in [0.1, 0.15) is 5.75 Å². The van der Waals surface area contributed by atoms with Gasteiger partial charge in [0, 0.05) is 11.4 Å². The molecule has 0 heterocycles. The summed E-state index contributed by atoms with van der Waals surface area (Å²) in [6.45, 7) is 9.38. The Kier molecular flexibility index (Phi) is 6.87. The average Bonchev–Trinajstić information content (AvgIpc) is 2.55. The van der Waals surface area contributed by atoms with Crippen LogP contribution in [0.25, 0.3) is 0 Å². The van der Waals surface area contributed by atoms with Crippen LogP contribution < -0.4 is 15.4 Å². The Bertz CT molecular complexity index is 694. The van der Waals surface area contributed by atoms with Crippen molar-refractivity contribution in [1.82, 2.24) is 0 Å². The van der Waals surface area contributed by atoms with Crippen LogP contribution in [-0.2, 0) is 4.79 Å². The molecule has 0 bridgehead atoms. The van der Waals surface area contributed by atoms with Gasteiger partial charge in [-0.1, -0.05) is 31.5 Å². The molecule has 134 valence electrons. The van der Waals surface area contributed by atoms with Crippen LogP contribution in [0.15, 0.2) is 42.5 Å². The number of nitrogens with one attached hydrogen (secondary N) is 2. The van der Waals surface area contributed by atoms with Crippen LogP contribution in [0.2, 0.25) is 0 Å². The molecule has 0 fully saturated rings. The van der Waals surface area contributed by atoms with Crippen molar-refractivity contribution in [2.75, 3.05) is 23.8 Å². The van der Waals surface area contributed by atoms with Crippen molar-refractivity contribution in [1.29, 1.82) is 0 Å². The summed E-state index contributed by atoms with van der Waals surface area (Å²) < 4.78 is 5.68. The number of hydrogen-bond donors (Lipinski definition) is 2. The van der Waals surface area contributed by atoms with Crippen molar-refractivity contribution in [3.63, 3.8) is 0 Å². The molecule has 4 heteroatoms. The van der Waals surface area contributed by atoms with Crippen LogP contribution in [0.5, 0.6) is 5.75 Å². The molecule has 0 unspecified atom stereocenters. The first-order chi connectivity index (χ1) is 11.9. The number of rotatable bonds is 8. The number of hydrogen-bond acceptors (Lipinski definition) is 3. The van der Waals surface area contributed by atoms with Crippen molar-refractivity contribution in [2.45, 2.75) is 34.1 Å². The number of benzene rings is 2. The number of aryl methyl sites for hydroxylation is 2. The van der Waals surface area contributed by atoms with E-state index in [-0.39, 0.29) is 12.5 Å². The first-order valence-corrected chi connectivity index (χ1v) is 8.78. The Labute approximate surface area is 150 Å². The summed E-state index contributed by atoms with van der Waals surface area (Å²) in [4.78, 5) is 12.1. The van der Waals surface area contributed by atoms with E-state index in [4.69, 9.17) is 4.74 Å². The second-order valence-corrected chi connectivity index (χ2v) is 6.78. The van der Waals surface area contributed by atoms with Gasteiger partial charge in [-0.3, -0.25) is 4.79 Å². The Morgan fingerprint density at radius 3 is 2.44 bits per heavy atom. The highest BCUT2D eigenvalue weighted by molar-refractivity contribution is 5.93. The fraction of sp³-hybridized carbons (Fsp3) is 0.381. The highest BCUT2D eigenvalue weighted by Gasteiger charge is 2.05. The maximum Gasteiger partial charge on any atom is 0.243 e. The van der Waals surface area contributed by atoms with Crippen molar-refractivity contribution in [3.8, 4) is 5.75 Å². The lowest BCUT2D eigenvalue weighted by molar-refractivity contribution is -0.114. The predicted octanol–water partition coefficient (Wildman–Crippen LogP) is 4.78. The molecule has 0 aliphatic rings. The molecule has 0 saturated heterocycles. The van der Waals surface area contributed by atoms with Gasteiger partial charge in [-0.15, -0.1) is 0 Å². The van der Waals surface area contributed by atoms with Gasteiger partial charge in [0.2, 0.25) is 5.91 Å². The molecule has 0 spiro atoms. The smallest absolute Gasteiger partial charge is 0.243 e. The Balaban J connectivity index is 1.80. The van der Waals surface area contributed by atoms with Gasteiger partial charge < -0.3 is 15.4 Å². The van der Waals surface area contributed by atoms with E-state index >= 15 is 0 Å². The van der Waals surface area contributed by atoms with Crippen molar-refractivity contribution < 1.29 is 9.53 Å². The summed E-state index contributed by atoms with van der Waals surface area (Å²) in [5.41, 5.74) is 4.09. The minimum absolute atomic E-state index is 0.0755. The SMILES string of the molecule is Cc1ccc(NCC(=O)Nc2ccc(OCCC(C)C)cc2)c(C)c1. The molecular weight excluding hydrogens is 312 g/mol. The largest absolute Gasteiger partial charge is 0.494 e. The zero-order valence-electron chi connectivity index (χ0n) is 15.6. The zero-order chi connectivity index (χ0) is 18.2. The number of anilines is 2. The van der Waals surface area contributed by atoms with Gasteiger partial charge in [-0.05, 0) is 62.1 Å². The minimum Gasteiger partial charge on any atom is -0.494 e. The van der Waals surface area contributed by atoms with Gasteiger partial charge >= 0.3 is 0 Å². The van der Waals surface area contributed by atoms with Crippen LogP contribution >= 0.6 is 0 Å². The quantitative estimate of drug-likeness (QED) is 0.727. The fourth-order valence-electron chi connectivity index (χ4n) is 2.44. The topological polar surface area (TPSA) is 50.4 Å². The molecule has 2 rings (SSSR count). The van der Waals surface area contributed by atoms with Crippen LogP contribution in [0.1, 0.15) is 31.4 Å². The molecule has 0 saturated carbocycles. The average molecular weight is 340 g/mol. The van der Waals surface area contributed by atoms with Crippen LogP contribution in [0, 0.1) is 19.8 Å². The molecule has 25 heavy (non-hydrogen) atoms. The summed E-state index contributed by atoms with van der Waals surface area (Å²) in [6.07, 6.45) is 1.03. The number of carbonyl (C=O) groups is 1. The van der Waals surface area contributed by atoms with E-state index in [1.165, 1.54) is 5.56 Å². The lowest BCUT2D eigenvalue weighted by Gasteiger charge is -2.11. The molecule has 0 aliphatic carbocycles. The predicted molar refractivity (Wildman–Crippen MR) is 104 cm³/mol. The van der Waals surface area contributed by atoms with Crippen LogP contribution in [0.4, 0.5) is 11.4 Å². The van der Waals surface area contributed by atoms with Crippen molar-refractivity contribution >= 4 is 17.3 Å². The molecular formula is C21H28N2O2. The van der Waals surface area contributed by atoms with Gasteiger partial charge in [-0.25, -0.2) is 0 Å². The van der Waals surface area contributed by atoms with E-state index in [1.807, 2.05) is 43.3 Å². The van der Waals surface area contributed by atoms with Crippen LogP contribution in [0.3, 0.4) is 0 Å². The molecule has 2 aromatic rings. The molecule has 0 aliphatic heterocycles. The molecule has 4 nitrogen and oxygen atoms in total. The van der Waals surface area contributed by atoms with Gasteiger partial charge in [0.05, 0.1) is 13.2 Å². The van der Waals surface area contributed by atoms with E-state index in [1.54, 1.807) is 0 Å². The summed E-state index contributed by atoms with van der Waals surface area (Å²) >= 11 is 0. The second kappa shape index (κ2) is 9.11. The lowest BCUT2D eigenvalue weighted by atomic mass is 10.1. The first-order valence-electron chi connectivity index (χ1n) is 8.78. The first kappa shape index (κ1) is 18.8. The molecule has 2 N–H and O–H groups in total. The van der Waals surface area contributed by atoms with E-state index in [0.717, 1.165) is 29.1 Å². The standard InChI is InChI=1S/C21H28N2O2/c1-15(2)11-12-25-19-8-6-18(7-9-19)23-21(24)14-22-20-10-5-16(3)13-17(20)4/h5-10,13,15,22H,11-12,14H2,1-4H3,(H,23,24). The van der Waals surface area contributed by atoms with Crippen molar-refractivity contribution in [2.24, 2.45) is 5.92 Å². The van der Waals surface area contributed by atoms with E-state index in [0.29, 0.717) is 12.5 Å². The molecule has 0 atom stereocenters. The number of ether oxygens (including phenoxy) is 1. The highest BCUT2D eigenvalue weighted by atomic mass is 16.5. The monoisotopic (exact) mass is 340 g/mol. The lowest BCUT2D eigenvalue weighted by Crippen LogP contribution is -2.22. The summed E-state index contributed by atoms with van der Waals surface area (Å²) in [5.74, 6) is 1.38. The highest BCUT2D eigenvalue weighted by Crippen LogP contribution is 2.17. The maximum atomic E-state index is 12.1. The molecule has 0 radical (unpaired) electrons. The molecule has 0 aromatic heterocycles. The Hall–Kier alpha value is -2.49. The summed E-state index contributed by atoms with van der Waals surface area (Å²) in [5, 5.41) is 6.06. The van der Waals surface area contributed by atoms with E-state index in [2.05, 4.69) is 37.5 Å². The molecule has 1 amide bonds. The van der Waals surface area contributed by atoms with E-state index in [9.17, 15) is 4.79 Å². The van der Waals surface area contributed by atoms with E-state index < -0.39 is 0 Å². The maximum absolute atomic E-state index is 12.1. The fourth-order valence-corrected chi connectivity index (χ4v) is 2.44. The third kappa shape index (κ3) is 6.49. The third-order valence-electron chi connectivity index (χ3n) is 3.92. The second-order valence-electron chi connectivity index (χ2n) is 6.78. The summed E-state index contributed by atoms with van der Waals surface area (Å²) in [6, 6.07) is 13.6. The molecule has 2 aromatic carbocycles. The Morgan fingerprint density at radius 2 is 1.80 bits per heavy atom. The van der Waals surface area contributed by atoms with Gasteiger partial charge in [0.25, 0.3) is 0 Å². The normalized spacial score (nSPS) is 10.6. The third-order valence-corrected chi connectivity index (χ3v) is 3.92.